The molecule has 3 N–H and O–H groups in total. The molecule has 0 spiro atoms. The number of carboxylic acids is 1. The molecule has 1 atom stereocenters. The van der Waals surface area contributed by atoms with Gasteiger partial charge in [0.25, 0.3) is 5.69 Å². The van der Waals surface area contributed by atoms with Crippen molar-refractivity contribution in [1.29, 1.82) is 0 Å². The van der Waals surface area contributed by atoms with Crippen molar-refractivity contribution in [2.45, 2.75) is 12.3 Å². The lowest BCUT2D eigenvalue weighted by Gasteiger charge is -2.20. The molecule has 0 radical (unpaired) electrons. The summed E-state index contributed by atoms with van der Waals surface area (Å²) in [7, 11) is 0. The van der Waals surface area contributed by atoms with Gasteiger partial charge in [0.2, 0.25) is 0 Å². The van der Waals surface area contributed by atoms with Crippen LogP contribution in [0.2, 0.25) is 0 Å². The SMILES string of the molecule is C=C(Nc1ccc(C(=O)O)c2ccccc12)C1=CCC(c2ccc(NC(=C)c3ccc([N+](=O)[O-])cc3)cc2)C=C1. The molecule has 0 fully saturated rings. The van der Waals surface area contributed by atoms with Crippen molar-refractivity contribution < 1.29 is 14.8 Å². The highest BCUT2D eigenvalue weighted by atomic mass is 16.6. The number of allylic oxidation sites excluding steroid dienone is 3. The van der Waals surface area contributed by atoms with E-state index in [1.54, 1.807) is 24.3 Å². The van der Waals surface area contributed by atoms with Gasteiger partial charge in [-0.1, -0.05) is 67.8 Å². The molecular formula is C33H27N3O4. The number of aromatic carboxylic acids is 1. The lowest BCUT2D eigenvalue weighted by atomic mass is 9.89. The second-order valence-corrected chi connectivity index (χ2v) is 9.51. The van der Waals surface area contributed by atoms with Crippen molar-refractivity contribution in [3.8, 4) is 0 Å². The first-order valence-corrected chi connectivity index (χ1v) is 12.7. The molecule has 4 aromatic carbocycles. The first-order valence-electron chi connectivity index (χ1n) is 12.7. The zero-order valence-corrected chi connectivity index (χ0v) is 21.6. The molecule has 0 amide bonds. The minimum absolute atomic E-state index is 0.0425. The average molecular weight is 530 g/mol. The van der Waals surface area contributed by atoms with Crippen LogP contribution in [0.4, 0.5) is 17.1 Å². The van der Waals surface area contributed by atoms with Gasteiger partial charge in [0, 0.05) is 46.2 Å². The predicted molar refractivity (Wildman–Crippen MR) is 160 cm³/mol. The summed E-state index contributed by atoms with van der Waals surface area (Å²) in [5, 5.41) is 28.5. The standard InChI is InChI=1S/C33H27N3O4/c1-21(24-13-17-28(18-14-24)36(39)40)34-27-15-11-26(12-16-27)25-9-7-23(8-10-25)22(2)35-32-20-19-31(33(37)38)29-5-3-4-6-30(29)32/h3-9,11-20,25,34-35H,1-2,10H2,(H,37,38). The molecule has 1 aliphatic rings. The Morgan fingerprint density at radius 2 is 1.57 bits per heavy atom. The maximum atomic E-state index is 11.6. The number of nitro benzene ring substituents is 1. The van der Waals surface area contributed by atoms with Gasteiger partial charge in [-0.3, -0.25) is 10.1 Å². The number of benzene rings is 4. The second kappa shape index (κ2) is 11.1. The Bertz CT molecular complexity index is 1700. The van der Waals surface area contributed by atoms with Gasteiger partial charge >= 0.3 is 5.97 Å². The second-order valence-electron chi connectivity index (χ2n) is 9.51. The van der Waals surface area contributed by atoms with Crippen molar-refractivity contribution in [3.05, 3.63) is 154 Å². The van der Waals surface area contributed by atoms with Crippen molar-refractivity contribution in [2.24, 2.45) is 0 Å². The lowest BCUT2D eigenvalue weighted by molar-refractivity contribution is -0.384. The molecule has 0 aliphatic heterocycles. The van der Waals surface area contributed by atoms with Gasteiger partial charge in [-0.05, 0) is 64.9 Å². The highest BCUT2D eigenvalue weighted by Crippen LogP contribution is 2.32. The zero-order valence-electron chi connectivity index (χ0n) is 21.6. The quantitative estimate of drug-likeness (QED) is 0.149. The smallest absolute Gasteiger partial charge is 0.336 e. The van der Waals surface area contributed by atoms with Gasteiger partial charge < -0.3 is 15.7 Å². The lowest BCUT2D eigenvalue weighted by Crippen LogP contribution is -2.06. The van der Waals surface area contributed by atoms with Crippen LogP contribution in [0.25, 0.3) is 16.5 Å². The molecule has 0 saturated heterocycles. The van der Waals surface area contributed by atoms with E-state index in [4.69, 9.17) is 0 Å². The van der Waals surface area contributed by atoms with Crippen molar-refractivity contribution in [1.82, 2.24) is 0 Å². The third kappa shape index (κ3) is 5.54. The topological polar surface area (TPSA) is 104 Å². The molecule has 0 bridgehead atoms. The minimum atomic E-state index is -0.955. The largest absolute Gasteiger partial charge is 0.478 e. The van der Waals surface area contributed by atoms with E-state index in [-0.39, 0.29) is 17.2 Å². The average Bonchev–Trinajstić information content (AvgIpc) is 2.97. The van der Waals surface area contributed by atoms with E-state index in [2.05, 4.69) is 54.2 Å². The van der Waals surface area contributed by atoms with Crippen LogP contribution in [0.15, 0.2) is 128 Å². The molecule has 40 heavy (non-hydrogen) atoms. The Labute approximate surface area is 231 Å². The molecule has 7 nitrogen and oxygen atoms in total. The summed E-state index contributed by atoms with van der Waals surface area (Å²) in [6.07, 6.45) is 7.18. The van der Waals surface area contributed by atoms with Gasteiger partial charge in [-0.15, -0.1) is 0 Å². The third-order valence-corrected chi connectivity index (χ3v) is 6.95. The summed E-state index contributed by atoms with van der Waals surface area (Å²) in [5.74, 6) is -0.733. The summed E-state index contributed by atoms with van der Waals surface area (Å²) in [6.45, 7) is 8.27. The molecule has 4 aromatic rings. The van der Waals surface area contributed by atoms with Crippen molar-refractivity contribution >= 4 is 39.5 Å². The number of nitro groups is 1. The van der Waals surface area contributed by atoms with E-state index >= 15 is 0 Å². The number of rotatable bonds is 9. The number of non-ortho nitro benzene ring substituents is 1. The van der Waals surface area contributed by atoms with Crippen LogP contribution in [0.5, 0.6) is 0 Å². The number of nitrogens with one attached hydrogen (secondary N) is 2. The Morgan fingerprint density at radius 1 is 0.875 bits per heavy atom. The number of carbonyl (C=O) groups is 1. The van der Waals surface area contributed by atoms with Crippen LogP contribution >= 0.6 is 0 Å². The fourth-order valence-electron chi connectivity index (χ4n) is 4.77. The normalized spacial score (nSPS) is 14.3. The number of anilines is 2. The fourth-order valence-corrected chi connectivity index (χ4v) is 4.77. The van der Waals surface area contributed by atoms with Crippen LogP contribution in [0, 0.1) is 10.1 Å². The van der Waals surface area contributed by atoms with Gasteiger partial charge in [0.1, 0.15) is 0 Å². The van der Waals surface area contributed by atoms with E-state index in [9.17, 15) is 20.0 Å². The van der Waals surface area contributed by atoms with Crippen molar-refractivity contribution in [3.63, 3.8) is 0 Å². The Balaban J connectivity index is 1.21. The van der Waals surface area contributed by atoms with Crippen LogP contribution in [0.1, 0.15) is 33.8 Å². The Kier molecular flexibility index (Phi) is 7.29. The van der Waals surface area contributed by atoms with E-state index in [1.165, 1.54) is 17.7 Å². The monoisotopic (exact) mass is 529 g/mol. The van der Waals surface area contributed by atoms with E-state index in [0.29, 0.717) is 11.1 Å². The summed E-state index contributed by atoms with van der Waals surface area (Å²) in [4.78, 5) is 22.1. The first kappa shape index (κ1) is 26.2. The van der Waals surface area contributed by atoms with Crippen LogP contribution < -0.4 is 10.6 Å². The number of fused-ring (bicyclic) bond motifs is 1. The van der Waals surface area contributed by atoms with Gasteiger partial charge in [-0.25, -0.2) is 4.79 Å². The number of carboxylic acid groups (broad SMARTS) is 1. The molecule has 7 heteroatoms. The fraction of sp³-hybridized carbons (Fsp3) is 0.0606. The maximum Gasteiger partial charge on any atom is 0.336 e. The molecule has 198 valence electrons. The number of nitrogens with zero attached hydrogens (tertiary/aromatic N) is 1. The summed E-state index contributed by atoms with van der Waals surface area (Å²) in [5.41, 5.74) is 6.33. The van der Waals surface area contributed by atoms with E-state index in [0.717, 1.165) is 40.0 Å². The molecule has 0 heterocycles. The summed E-state index contributed by atoms with van der Waals surface area (Å²) >= 11 is 0. The highest BCUT2D eigenvalue weighted by Gasteiger charge is 2.15. The van der Waals surface area contributed by atoms with Crippen LogP contribution in [-0.4, -0.2) is 16.0 Å². The van der Waals surface area contributed by atoms with Gasteiger partial charge in [-0.2, -0.15) is 0 Å². The number of hydrogen-bond donors (Lipinski definition) is 3. The van der Waals surface area contributed by atoms with Gasteiger partial charge in [0.05, 0.1) is 10.5 Å². The summed E-state index contributed by atoms with van der Waals surface area (Å²) in [6, 6.07) is 25.2. The molecule has 5 rings (SSSR count). The molecular weight excluding hydrogens is 502 g/mol. The zero-order chi connectivity index (χ0) is 28.2. The Hall–Kier alpha value is -5.43. The van der Waals surface area contributed by atoms with E-state index in [1.807, 2.05) is 36.4 Å². The summed E-state index contributed by atoms with van der Waals surface area (Å²) < 4.78 is 0. The van der Waals surface area contributed by atoms with Crippen molar-refractivity contribution in [2.75, 3.05) is 10.6 Å². The first-order chi connectivity index (χ1) is 19.3. The number of hydrogen-bond acceptors (Lipinski definition) is 5. The Morgan fingerprint density at radius 3 is 2.20 bits per heavy atom. The van der Waals surface area contributed by atoms with Gasteiger partial charge in [0.15, 0.2) is 0 Å². The highest BCUT2D eigenvalue weighted by molar-refractivity contribution is 6.08. The predicted octanol–water partition coefficient (Wildman–Crippen LogP) is 8.12. The molecule has 1 aliphatic carbocycles. The third-order valence-electron chi connectivity index (χ3n) is 6.95. The minimum Gasteiger partial charge on any atom is -0.478 e. The molecule has 0 aromatic heterocycles. The van der Waals surface area contributed by atoms with Crippen LogP contribution in [0.3, 0.4) is 0 Å². The molecule has 0 saturated carbocycles. The van der Waals surface area contributed by atoms with E-state index < -0.39 is 10.9 Å². The molecule has 1 unspecified atom stereocenters. The van der Waals surface area contributed by atoms with Crippen LogP contribution in [-0.2, 0) is 0 Å². The maximum absolute atomic E-state index is 11.6.